The maximum absolute atomic E-state index is 9.36. The van der Waals surface area contributed by atoms with E-state index in [2.05, 4.69) is 173 Å². The third kappa shape index (κ3) is 14.0. The molecular weight excluding hydrogens is 920 g/mol. The fourth-order valence-corrected chi connectivity index (χ4v) is 8.11. The summed E-state index contributed by atoms with van der Waals surface area (Å²) in [5.41, 5.74) is 17.4. The van der Waals surface area contributed by atoms with Crippen molar-refractivity contribution in [1.29, 1.82) is 1.43 Å². The molecule has 0 aliphatic rings. The van der Waals surface area contributed by atoms with Crippen LogP contribution in [0.2, 0.25) is 0 Å². The van der Waals surface area contributed by atoms with Crippen molar-refractivity contribution >= 4 is 24.0 Å². The van der Waals surface area contributed by atoms with Gasteiger partial charge < -0.3 is 33.8 Å². The van der Waals surface area contributed by atoms with Gasteiger partial charge in [-0.1, -0.05) is 160 Å². The zero-order chi connectivity index (χ0) is 51.9. The fraction of sp³-hybridized carbons (Fsp3) is 0.161. The highest BCUT2D eigenvalue weighted by Crippen LogP contribution is 2.39. The second kappa shape index (κ2) is 26.9. The monoisotopic (exact) mass is 988 g/mol. The van der Waals surface area contributed by atoms with Crippen LogP contribution >= 0.6 is 0 Å². The van der Waals surface area contributed by atoms with Crippen LogP contribution in [0.15, 0.2) is 203 Å². The predicted molar refractivity (Wildman–Crippen MR) is 307 cm³/mol. The van der Waals surface area contributed by atoms with Gasteiger partial charge in [-0.05, 0) is 122 Å². The Labute approximate surface area is 438 Å². The molecule has 10 rings (SSSR count). The Morgan fingerprint density at radius 2 is 0.689 bits per heavy atom. The number of aryl methyl sites for hydroxylation is 3. The van der Waals surface area contributed by atoms with Crippen LogP contribution in [0.5, 0.6) is 0 Å². The van der Waals surface area contributed by atoms with Gasteiger partial charge in [0.15, 0.2) is 0 Å². The van der Waals surface area contributed by atoms with Gasteiger partial charge in [0.05, 0.1) is 0 Å². The second-order valence-corrected chi connectivity index (χ2v) is 17.2. The Hall–Kier alpha value is -8.42. The molecule has 11 nitrogen and oxygen atoms in total. The molecule has 3 N–H and O–H groups in total. The van der Waals surface area contributed by atoms with E-state index in [-0.39, 0.29) is 14.9 Å². The maximum Gasteiger partial charge on any atom is 0.489 e. The minimum atomic E-state index is -1.45. The second-order valence-electron chi connectivity index (χ2n) is 17.2. The molecule has 0 atom stereocenters. The summed E-state index contributed by atoms with van der Waals surface area (Å²) in [6, 6.07) is 66.0. The van der Waals surface area contributed by atoms with Gasteiger partial charge in [-0.3, -0.25) is 0 Å². The van der Waals surface area contributed by atoms with Gasteiger partial charge in [0.25, 0.3) is 0 Å². The van der Waals surface area contributed by atoms with Crippen LogP contribution in [-0.2, 0) is 0 Å². The molecule has 0 saturated carbocycles. The van der Waals surface area contributed by atoms with Crippen LogP contribution in [0.3, 0.4) is 0 Å². The molecule has 0 aliphatic heterocycles. The smallest absolute Gasteiger partial charge is 0.423 e. The maximum atomic E-state index is 9.36. The zero-order valence-electron chi connectivity index (χ0n) is 42.9. The van der Waals surface area contributed by atoms with E-state index >= 15 is 0 Å². The first-order chi connectivity index (χ1) is 35.3. The third-order valence-corrected chi connectivity index (χ3v) is 11.9. The van der Waals surface area contributed by atoms with Crippen molar-refractivity contribution in [3.8, 4) is 78.5 Å². The average molecular weight is 988 g/mol. The summed E-state index contributed by atoms with van der Waals surface area (Å²) in [6.07, 6.45) is 0. The predicted octanol–water partition coefficient (Wildman–Crippen LogP) is 13.1. The van der Waals surface area contributed by atoms with Crippen molar-refractivity contribution in [2.45, 2.75) is 35.6 Å². The third-order valence-electron chi connectivity index (χ3n) is 11.9. The standard InChI is InChI=1S/C29H25N3O.C16H14N2O.C14H16BNO2.CH4O.2CH4/c1-20-30-31-29(33-20)23-14-12-21(13-15-23)25-8-4-6-10-27(25)28-11-7-5-9-26(28)22-16-18-24(19-17-22)32(2)3;1-11-5-3-4-6-15(11)13-7-9-14(10-8-13)16-18-17-12(2)19-16;1-16(2)12-9-7-11(8-10-12)13-5-3-4-6-14(13)15(17)18;1-2;;/h4-19H,1-3H3;3-10H,1-2H3;3-10,17-18H,1-2H3;2H,1H3;2*1H4/i;;;2D;;. The van der Waals surface area contributed by atoms with Crippen LogP contribution in [-0.4, -0.2) is 79.4 Å². The summed E-state index contributed by atoms with van der Waals surface area (Å²) in [5, 5.41) is 38.1. The largest absolute Gasteiger partial charge is 0.489 e. The van der Waals surface area contributed by atoms with Crippen molar-refractivity contribution in [3.05, 3.63) is 211 Å². The van der Waals surface area contributed by atoms with Crippen molar-refractivity contribution < 1.29 is 24.0 Å². The van der Waals surface area contributed by atoms with Crippen LogP contribution in [0.1, 0.15) is 32.2 Å². The normalized spacial score (nSPS) is 10.3. The van der Waals surface area contributed by atoms with Gasteiger partial charge in [-0.2, -0.15) is 0 Å². The van der Waals surface area contributed by atoms with E-state index < -0.39 is 7.12 Å². The van der Waals surface area contributed by atoms with E-state index in [9.17, 15) is 10.0 Å². The number of nitrogens with zero attached hydrogens (tertiary/aromatic N) is 6. The highest BCUT2D eigenvalue weighted by molar-refractivity contribution is 6.60. The van der Waals surface area contributed by atoms with E-state index in [1.165, 1.54) is 57.3 Å². The van der Waals surface area contributed by atoms with Crippen LogP contribution < -0.4 is 15.3 Å². The number of hydrogen-bond acceptors (Lipinski definition) is 11. The van der Waals surface area contributed by atoms with E-state index in [0.717, 1.165) is 33.5 Å². The number of aliphatic hydroxyl groups excluding tert-OH is 1. The first-order valence-corrected chi connectivity index (χ1v) is 23.4. The van der Waals surface area contributed by atoms with Gasteiger partial charge in [0.1, 0.15) is 0 Å². The Bertz CT molecular complexity index is 3300. The number of anilines is 2. The van der Waals surface area contributed by atoms with Gasteiger partial charge in [0.2, 0.25) is 25.0 Å². The summed E-state index contributed by atoms with van der Waals surface area (Å²) in [6.45, 7) is 5.70. The van der Waals surface area contributed by atoms with Crippen LogP contribution in [0.4, 0.5) is 11.4 Å². The molecule has 0 bridgehead atoms. The molecule has 8 aromatic carbocycles. The lowest BCUT2D eigenvalue weighted by Gasteiger charge is -2.16. The van der Waals surface area contributed by atoms with E-state index in [1.54, 1.807) is 26.0 Å². The highest BCUT2D eigenvalue weighted by atomic mass is 16.4. The van der Waals surface area contributed by atoms with E-state index in [4.69, 9.17) is 10.3 Å². The molecule has 0 saturated heterocycles. The zero-order valence-corrected chi connectivity index (χ0v) is 41.9. The molecule has 10 aromatic rings. The van der Waals surface area contributed by atoms with Crippen molar-refractivity contribution in [3.63, 3.8) is 0 Å². The Kier molecular flexibility index (Phi) is 19.9. The molecule has 0 radical (unpaired) electrons. The molecule has 0 fully saturated rings. The molecule has 74 heavy (non-hydrogen) atoms. The quantitative estimate of drug-likeness (QED) is 0.113. The number of aliphatic hydroxyl groups is 1. The van der Waals surface area contributed by atoms with Gasteiger partial charge >= 0.3 is 7.12 Å². The fourth-order valence-electron chi connectivity index (χ4n) is 8.11. The lowest BCUT2D eigenvalue weighted by Crippen LogP contribution is -2.31. The summed E-state index contributed by atoms with van der Waals surface area (Å²) in [7, 11) is 7.93. The van der Waals surface area contributed by atoms with Crippen LogP contribution in [0.25, 0.3) is 78.5 Å². The molecular formula is C62H67BN6O5. The highest BCUT2D eigenvalue weighted by Gasteiger charge is 2.17. The van der Waals surface area contributed by atoms with Gasteiger partial charge in [0, 0.05) is 71.6 Å². The summed E-state index contributed by atoms with van der Waals surface area (Å²) < 4.78 is 16.7. The molecule has 0 aliphatic carbocycles. The Morgan fingerprint density at radius 3 is 1.04 bits per heavy atom. The lowest BCUT2D eigenvalue weighted by atomic mass is 9.75. The Morgan fingerprint density at radius 1 is 0.392 bits per heavy atom. The number of hydrogen-bond donors (Lipinski definition) is 3. The lowest BCUT2D eigenvalue weighted by molar-refractivity contribution is 0.399. The first kappa shape index (κ1) is 54.9. The number of aromatic nitrogens is 4. The molecule has 0 amide bonds. The number of benzene rings is 8. The van der Waals surface area contributed by atoms with Crippen molar-refractivity contribution in [2.24, 2.45) is 0 Å². The number of rotatable bonds is 10. The van der Waals surface area contributed by atoms with Crippen molar-refractivity contribution in [2.75, 3.05) is 45.1 Å². The molecule has 12 heteroatoms. The van der Waals surface area contributed by atoms with E-state index in [1.807, 2.05) is 79.7 Å². The minimum Gasteiger partial charge on any atom is -0.423 e. The topological polar surface area (TPSA) is 145 Å². The molecule has 0 unspecified atom stereocenters. The summed E-state index contributed by atoms with van der Waals surface area (Å²) >= 11 is 0. The SMILES string of the molecule is C.C.CN(C)c1ccc(-c2ccccc2B(O)O)cc1.Cc1nnc(-c2ccc(-c3ccccc3-c3ccccc3-c3ccc(N(C)C)cc3)cc2)o1.Cc1nnc(-c2ccc(-c3ccccc3C)cc2)o1.[2H]OC. The first-order valence-electron chi connectivity index (χ1n) is 23.8. The molecule has 378 valence electrons. The minimum absolute atomic E-state index is 0. The summed E-state index contributed by atoms with van der Waals surface area (Å²) in [4.78, 5) is 4.14. The average Bonchev–Trinajstić information content (AvgIpc) is 4.07. The van der Waals surface area contributed by atoms with Gasteiger partial charge in [-0.25, -0.2) is 0 Å². The molecule has 0 spiro atoms. The van der Waals surface area contributed by atoms with Crippen LogP contribution in [0, 0.1) is 20.8 Å². The van der Waals surface area contributed by atoms with E-state index in [0.29, 0.717) is 29.0 Å². The Balaban J connectivity index is 0.000000213. The molecule has 2 heterocycles. The van der Waals surface area contributed by atoms with Crippen molar-refractivity contribution in [1.82, 2.24) is 20.4 Å². The molecule has 2 aromatic heterocycles. The van der Waals surface area contributed by atoms with Gasteiger partial charge in [-0.15, -0.1) is 20.4 Å². The summed E-state index contributed by atoms with van der Waals surface area (Å²) in [5.74, 6) is 2.25.